The SMILES string of the molecule is Cc1ncc(F)cc1Cn1cc(CNc2cc3c(c(C)n2)NC(=O)[C@H](C(C)C)N3C)cn1.S. The van der Waals surface area contributed by atoms with Gasteiger partial charge in [-0.15, -0.1) is 0 Å². The minimum Gasteiger partial charge on any atom is -0.366 e. The van der Waals surface area contributed by atoms with E-state index in [9.17, 15) is 9.18 Å². The fraction of sp³-hybridized carbons (Fsp3) is 0.391. The molecule has 0 spiro atoms. The average Bonchev–Trinajstić information content (AvgIpc) is 3.17. The highest BCUT2D eigenvalue weighted by Crippen LogP contribution is 2.36. The summed E-state index contributed by atoms with van der Waals surface area (Å²) < 4.78 is 15.3. The Bertz CT molecular complexity index is 1160. The van der Waals surface area contributed by atoms with E-state index in [0.29, 0.717) is 13.1 Å². The zero-order valence-corrected chi connectivity index (χ0v) is 20.5. The van der Waals surface area contributed by atoms with Crippen LogP contribution in [0, 0.1) is 25.6 Å². The van der Waals surface area contributed by atoms with Crippen LogP contribution in [0.5, 0.6) is 0 Å². The average molecular weight is 472 g/mol. The molecule has 0 radical (unpaired) electrons. The van der Waals surface area contributed by atoms with Crippen LogP contribution in [0.3, 0.4) is 0 Å². The summed E-state index contributed by atoms with van der Waals surface area (Å²) in [6, 6.07) is 3.22. The minimum absolute atomic E-state index is 0. The molecule has 10 heteroatoms. The number of hydrogen-bond donors (Lipinski definition) is 2. The molecule has 1 amide bonds. The van der Waals surface area contributed by atoms with Crippen LogP contribution >= 0.6 is 13.5 Å². The van der Waals surface area contributed by atoms with E-state index in [1.165, 1.54) is 12.3 Å². The number of hydrogen-bond acceptors (Lipinski definition) is 6. The molecule has 176 valence electrons. The van der Waals surface area contributed by atoms with Gasteiger partial charge in [-0.05, 0) is 31.4 Å². The maximum Gasteiger partial charge on any atom is 0.247 e. The standard InChI is InChI=1S/C23H28FN7O.H2S/c1-13(2)22-23(32)29-21-15(4)28-20(7-19(21)30(22)5)26-8-16-9-27-31(11-16)12-17-6-18(24)10-25-14(17)3;/h6-7,9-11,13,22H,8,12H2,1-5H3,(H,26,28)(H,29,32);1H2/t22-;/m0./s1. The molecule has 2 N–H and O–H groups in total. The third kappa shape index (κ3) is 5.11. The van der Waals surface area contributed by atoms with Crippen molar-refractivity contribution in [2.24, 2.45) is 5.92 Å². The third-order valence-electron chi connectivity index (χ3n) is 5.78. The van der Waals surface area contributed by atoms with Gasteiger partial charge in [0.15, 0.2) is 0 Å². The van der Waals surface area contributed by atoms with Crippen LogP contribution in [0.15, 0.2) is 30.7 Å². The zero-order chi connectivity index (χ0) is 23.0. The number of halogens is 1. The number of aromatic nitrogens is 4. The predicted octanol–water partition coefficient (Wildman–Crippen LogP) is 3.62. The summed E-state index contributed by atoms with van der Waals surface area (Å²) >= 11 is 0. The quantitative estimate of drug-likeness (QED) is 0.571. The number of fused-ring (bicyclic) bond motifs is 1. The van der Waals surface area contributed by atoms with Crippen molar-refractivity contribution in [1.82, 2.24) is 19.7 Å². The van der Waals surface area contributed by atoms with Gasteiger partial charge in [-0.25, -0.2) is 9.37 Å². The highest BCUT2D eigenvalue weighted by molar-refractivity contribution is 7.59. The van der Waals surface area contributed by atoms with Crippen molar-refractivity contribution in [3.05, 3.63) is 59.1 Å². The van der Waals surface area contributed by atoms with Gasteiger partial charge in [0, 0.05) is 37.1 Å². The molecule has 0 fully saturated rings. The van der Waals surface area contributed by atoms with Gasteiger partial charge < -0.3 is 15.5 Å². The second kappa shape index (κ2) is 9.78. The van der Waals surface area contributed by atoms with Crippen LogP contribution in [0.25, 0.3) is 0 Å². The summed E-state index contributed by atoms with van der Waals surface area (Å²) in [6.45, 7) is 8.81. The smallest absolute Gasteiger partial charge is 0.247 e. The van der Waals surface area contributed by atoms with Crippen molar-refractivity contribution >= 4 is 36.6 Å². The van der Waals surface area contributed by atoms with Crippen molar-refractivity contribution in [3.8, 4) is 0 Å². The van der Waals surface area contributed by atoms with Crippen LogP contribution in [0.2, 0.25) is 0 Å². The minimum atomic E-state index is -0.352. The number of likely N-dealkylation sites (N-methyl/N-ethyl adjacent to an activating group) is 1. The summed E-state index contributed by atoms with van der Waals surface area (Å²) in [7, 11) is 1.94. The van der Waals surface area contributed by atoms with Crippen LogP contribution in [-0.2, 0) is 17.9 Å². The number of amides is 1. The molecule has 8 nitrogen and oxygen atoms in total. The van der Waals surface area contributed by atoms with Gasteiger partial charge in [0.25, 0.3) is 0 Å². The molecule has 3 aromatic heterocycles. The first kappa shape index (κ1) is 24.5. The second-order valence-electron chi connectivity index (χ2n) is 8.57. The fourth-order valence-electron chi connectivity index (χ4n) is 4.11. The monoisotopic (exact) mass is 471 g/mol. The number of rotatable bonds is 6. The summed E-state index contributed by atoms with van der Waals surface area (Å²) in [6.07, 6.45) is 4.92. The lowest BCUT2D eigenvalue weighted by molar-refractivity contribution is -0.118. The topological polar surface area (TPSA) is 88.0 Å². The molecular formula is C23H30FN7OS. The van der Waals surface area contributed by atoms with Gasteiger partial charge in [-0.2, -0.15) is 18.6 Å². The predicted molar refractivity (Wildman–Crippen MR) is 133 cm³/mol. The summed E-state index contributed by atoms with van der Waals surface area (Å²) in [5.74, 6) is 0.552. The molecule has 3 aromatic rings. The summed E-state index contributed by atoms with van der Waals surface area (Å²) in [5.41, 5.74) is 5.02. The lowest BCUT2D eigenvalue weighted by Gasteiger charge is -2.38. The molecule has 0 aromatic carbocycles. The first-order valence-electron chi connectivity index (χ1n) is 10.6. The molecule has 0 aliphatic carbocycles. The molecular weight excluding hydrogens is 441 g/mol. The normalized spacial score (nSPS) is 15.2. The lowest BCUT2D eigenvalue weighted by atomic mass is 9.98. The number of pyridine rings is 2. The van der Waals surface area contributed by atoms with Crippen LogP contribution in [-0.4, -0.2) is 38.7 Å². The maximum absolute atomic E-state index is 13.5. The summed E-state index contributed by atoms with van der Waals surface area (Å²) in [4.78, 5) is 23.2. The second-order valence-corrected chi connectivity index (χ2v) is 8.57. The van der Waals surface area contributed by atoms with E-state index in [0.717, 1.165) is 39.7 Å². The molecule has 1 aliphatic rings. The van der Waals surface area contributed by atoms with Gasteiger partial charge in [0.1, 0.15) is 17.7 Å². The van der Waals surface area contributed by atoms with E-state index in [1.54, 1.807) is 10.9 Å². The number of carbonyl (C=O) groups is 1. The molecule has 1 aliphatic heterocycles. The zero-order valence-electron chi connectivity index (χ0n) is 19.5. The Morgan fingerprint density at radius 2 is 1.97 bits per heavy atom. The van der Waals surface area contributed by atoms with E-state index in [4.69, 9.17) is 0 Å². The first-order valence-corrected chi connectivity index (χ1v) is 10.6. The molecule has 0 saturated carbocycles. The van der Waals surface area contributed by atoms with Crippen molar-refractivity contribution < 1.29 is 9.18 Å². The van der Waals surface area contributed by atoms with Crippen molar-refractivity contribution in [1.29, 1.82) is 0 Å². The van der Waals surface area contributed by atoms with E-state index < -0.39 is 0 Å². The van der Waals surface area contributed by atoms with Gasteiger partial charge in [-0.1, -0.05) is 13.8 Å². The Labute approximate surface area is 200 Å². The van der Waals surface area contributed by atoms with Gasteiger partial charge in [-0.3, -0.25) is 14.5 Å². The largest absolute Gasteiger partial charge is 0.366 e. The van der Waals surface area contributed by atoms with E-state index >= 15 is 0 Å². The highest BCUT2D eigenvalue weighted by Gasteiger charge is 2.34. The number of anilines is 3. The van der Waals surface area contributed by atoms with Crippen LogP contribution in [0.4, 0.5) is 21.6 Å². The molecule has 0 unspecified atom stereocenters. The van der Waals surface area contributed by atoms with Crippen molar-refractivity contribution in [2.75, 3.05) is 22.6 Å². The fourth-order valence-corrected chi connectivity index (χ4v) is 4.11. The van der Waals surface area contributed by atoms with Gasteiger partial charge >= 0.3 is 0 Å². The van der Waals surface area contributed by atoms with Crippen LogP contribution in [0.1, 0.15) is 36.4 Å². The third-order valence-corrected chi connectivity index (χ3v) is 5.78. The Morgan fingerprint density at radius 1 is 1.21 bits per heavy atom. The molecule has 4 heterocycles. The van der Waals surface area contributed by atoms with E-state index in [1.807, 2.05) is 51.9 Å². The number of carbonyl (C=O) groups excluding carboxylic acids is 1. The van der Waals surface area contributed by atoms with Gasteiger partial charge in [0.05, 0.1) is 36.0 Å². The van der Waals surface area contributed by atoms with E-state index in [-0.39, 0.29) is 37.2 Å². The first-order chi connectivity index (χ1) is 15.2. The van der Waals surface area contributed by atoms with Crippen LogP contribution < -0.4 is 15.5 Å². The molecule has 0 saturated heterocycles. The van der Waals surface area contributed by atoms with Crippen molar-refractivity contribution in [2.45, 2.75) is 46.8 Å². The number of nitrogens with one attached hydrogen (secondary N) is 2. The van der Waals surface area contributed by atoms with Crippen molar-refractivity contribution in [3.63, 3.8) is 0 Å². The Kier molecular flexibility index (Phi) is 7.26. The molecule has 33 heavy (non-hydrogen) atoms. The Balaban J connectivity index is 0.00000306. The number of aryl methyl sites for hydroxylation is 2. The highest BCUT2D eigenvalue weighted by atomic mass is 32.1. The number of nitrogens with zero attached hydrogens (tertiary/aromatic N) is 5. The molecule has 1 atom stereocenters. The Hall–Kier alpha value is -3.14. The molecule has 0 bridgehead atoms. The van der Waals surface area contributed by atoms with E-state index in [2.05, 4.69) is 25.7 Å². The Morgan fingerprint density at radius 3 is 2.70 bits per heavy atom. The summed E-state index contributed by atoms with van der Waals surface area (Å²) in [5, 5.41) is 10.7. The van der Waals surface area contributed by atoms with Gasteiger partial charge in [0.2, 0.25) is 5.91 Å². The maximum atomic E-state index is 13.5. The lowest BCUT2D eigenvalue weighted by Crippen LogP contribution is -2.49. The molecule has 4 rings (SSSR count).